The Morgan fingerprint density at radius 3 is 2.57 bits per heavy atom. The lowest BCUT2D eigenvalue weighted by atomic mass is 9.57. The van der Waals surface area contributed by atoms with Crippen molar-refractivity contribution in [2.24, 2.45) is 17.3 Å². The number of aryl methyl sites for hydroxylation is 1. The molecule has 2 saturated heterocycles. The van der Waals surface area contributed by atoms with Crippen molar-refractivity contribution in [2.75, 3.05) is 11.5 Å². The molecular weight excluding hydrogens is 362 g/mol. The number of nitrogens with zero attached hydrogens (tertiary/aromatic N) is 1. The van der Waals surface area contributed by atoms with E-state index in [1.807, 2.05) is 13.0 Å². The Labute approximate surface area is 162 Å². The molecule has 28 heavy (non-hydrogen) atoms. The Hall–Kier alpha value is -2.96. The van der Waals surface area contributed by atoms with Gasteiger partial charge in [0.1, 0.15) is 11.5 Å². The Balaban J connectivity index is 1.86. The number of hydrogen-bond donors (Lipinski definition) is 0. The van der Waals surface area contributed by atoms with Gasteiger partial charge in [-0.05, 0) is 51.0 Å². The van der Waals surface area contributed by atoms with Gasteiger partial charge in [0.2, 0.25) is 11.8 Å². The van der Waals surface area contributed by atoms with Crippen LogP contribution in [0.3, 0.4) is 0 Å². The van der Waals surface area contributed by atoms with Gasteiger partial charge in [0, 0.05) is 0 Å². The fourth-order valence-electron chi connectivity index (χ4n) is 4.81. The molecule has 0 radical (unpaired) electrons. The predicted molar refractivity (Wildman–Crippen MR) is 98.0 cm³/mol. The first kappa shape index (κ1) is 18.4. The van der Waals surface area contributed by atoms with E-state index in [4.69, 9.17) is 9.47 Å². The first-order chi connectivity index (χ1) is 13.2. The van der Waals surface area contributed by atoms with Gasteiger partial charge in [0.05, 0.1) is 29.7 Å². The number of rotatable bonds is 3. The first-order valence-corrected chi connectivity index (χ1v) is 9.27. The van der Waals surface area contributed by atoms with Crippen molar-refractivity contribution in [1.29, 1.82) is 0 Å². The molecule has 1 aromatic carbocycles. The molecule has 146 valence electrons. The monoisotopic (exact) mass is 383 g/mol. The highest BCUT2D eigenvalue weighted by molar-refractivity contribution is 6.25. The maximum Gasteiger partial charge on any atom is 0.335 e. The summed E-state index contributed by atoms with van der Waals surface area (Å²) in [5.41, 5.74) is 0.422. The zero-order chi connectivity index (χ0) is 20.4. The molecule has 3 heterocycles. The third kappa shape index (κ3) is 2.16. The van der Waals surface area contributed by atoms with Crippen molar-refractivity contribution in [1.82, 2.24) is 0 Å². The number of carbonyl (C=O) groups is 4. The van der Waals surface area contributed by atoms with Crippen LogP contribution in [-0.4, -0.2) is 36.5 Å². The maximum atomic E-state index is 13.4. The number of carbonyl (C=O) groups excluding carboxylic acids is 4. The Bertz CT molecular complexity index is 963. The molecule has 2 amide bonds. The van der Waals surface area contributed by atoms with Gasteiger partial charge in [-0.3, -0.25) is 14.4 Å². The molecule has 3 aliphatic heterocycles. The fourth-order valence-corrected chi connectivity index (χ4v) is 4.81. The maximum absolute atomic E-state index is 13.4. The van der Waals surface area contributed by atoms with E-state index in [1.165, 1.54) is 6.92 Å². The van der Waals surface area contributed by atoms with E-state index in [0.29, 0.717) is 11.3 Å². The lowest BCUT2D eigenvalue weighted by Crippen LogP contribution is -2.60. The fraction of sp³-hybridized carbons (Fsp3) is 0.429. The second kappa shape index (κ2) is 6.02. The third-order valence-corrected chi connectivity index (χ3v) is 6.04. The Morgan fingerprint density at radius 1 is 1.21 bits per heavy atom. The summed E-state index contributed by atoms with van der Waals surface area (Å²) in [4.78, 5) is 53.1. The van der Waals surface area contributed by atoms with Crippen molar-refractivity contribution in [3.63, 3.8) is 0 Å². The molecule has 0 N–H and O–H groups in total. The molecule has 1 aliphatic carbocycles. The highest BCUT2D eigenvalue weighted by atomic mass is 16.6. The number of amides is 2. The molecule has 7 nitrogen and oxygen atoms in total. The van der Waals surface area contributed by atoms with Crippen molar-refractivity contribution in [3.8, 4) is 0 Å². The SMILES string of the molecule is CCOC(=O)C1=C(C)[C@H]2OC(=O)[C@@]1(C)[C@H]1C(=O)N(c3cccc(C)c3)C(=O)[C@@H]21. The van der Waals surface area contributed by atoms with Crippen LogP contribution in [0.2, 0.25) is 0 Å². The number of fused-ring (bicyclic) bond motifs is 1. The number of imide groups is 1. The minimum absolute atomic E-state index is 0.141. The van der Waals surface area contributed by atoms with Gasteiger partial charge >= 0.3 is 11.9 Å². The number of hydrogen-bond acceptors (Lipinski definition) is 6. The topological polar surface area (TPSA) is 90.0 Å². The van der Waals surface area contributed by atoms with Crippen LogP contribution in [0.4, 0.5) is 5.69 Å². The molecule has 1 aromatic rings. The van der Waals surface area contributed by atoms with Crippen LogP contribution in [-0.2, 0) is 28.7 Å². The summed E-state index contributed by atoms with van der Waals surface area (Å²) < 4.78 is 10.6. The number of ether oxygens (including phenoxy) is 2. The first-order valence-electron chi connectivity index (χ1n) is 9.27. The molecule has 2 bridgehead atoms. The third-order valence-electron chi connectivity index (χ3n) is 6.04. The lowest BCUT2D eigenvalue weighted by molar-refractivity contribution is -0.184. The van der Waals surface area contributed by atoms with Crippen molar-refractivity contribution < 1.29 is 28.7 Å². The van der Waals surface area contributed by atoms with Crippen LogP contribution in [0.1, 0.15) is 26.3 Å². The average Bonchev–Trinajstić information content (AvgIpc) is 2.89. The number of benzene rings is 1. The Kier molecular flexibility index (Phi) is 3.96. The highest BCUT2D eigenvalue weighted by Crippen LogP contribution is 2.58. The van der Waals surface area contributed by atoms with Crippen molar-refractivity contribution >= 4 is 29.4 Å². The largest absolute Gasteiger partial charge is 0.463 e. The molecule has 4 atom stereocenters. The van der Waals surface area contributed by atoms with Crippen LogP contribution >= 0.6 is 0 Å². The van der Waals surface area contributed by atoms with Gasteiger partial charge in [0.25, 0.3) is 0 Å². The summed E-state index contributed by atoms with van der Waals surface area (Å²) in [5, 5.41) is 0. The van der Waals surface area contributed by atoms with E-state index < -0.39 is 47.1 Å². The molecule has 0 unspecified atom stereocenters. The van der Waals surface area contributed by atoms with Gasteiger partial charge in [-0.2, -0.15) is 0 Å². The van der Waals surface area contributed by atoms with Gasteiger partial charge in [-0.25, -0.2) is 9.69 Å². The minimum Gasteiger partial charge on any atom is -0.463 e. The van der Waals surface area contributed by atoms with E-state index in [2.05, 4.69) is 0 Å². The van der Waals surface area contributed by atoms with E-state index in [-0.39, 0.29) is 12.2 Å². The van der Waals surface area contributed by atoms with E-state index in [1.54, 1.807) is 32.0 Å². The summed E-state index contributed by atoms with van der Waals surface area (Å²) in [6.45, 7) is 6.83. The van der Waals surface area contributed by atoms with Crippen LogP contribution in [0.5, 0.6) is 0 Å². The minimum atomic E-state index is -1.55. The average molecular weight is 383 g/mol. The summed E-state index contributed by atoms with van der Waals surface area (Å²) in [5.74, 6) is -4.04. The second-order valence-corrected chi connectivity index (χ2v) is 7.66. The quantitative estimate of drug-likeness (QED) is 0.585. The highest BCUT2D eigenvalue weighted by Gasteiger charge is 2.71. The Morgan fingerprint density at radius 2 is 1.93 bits per heavy atom. The zero-order valence-electron chi connectivity index (χ0n) is 16.1. The van der Waals surface area contributed by atoms with Crippen molar-refractivity contribution in [3.05, 3.63) is 41.0 Å². The normalized spacial score (nSPS) is 31.2. The van der Waals surface area contributed by atoms with Crippen LogP contribution in [0.25, 0.3) is 0 Å². The van der Waals surface area contributed by atoms with Gasteiger partial charge in [-0.1, -0.05) is 12.1 Å². The molecule has 0 saturated carbocycles. The summed E-state index contributed by atoms with van der Waals surface area (Å²) in [6, 6.07) is 7.05. The standard InChI is InChI=1S/C21H21NO6/c1-5-27-19(25)14-11(3)16-13-15(21(14,4)20(26)28-16)18(24)22(17(13)23)12-8-6-7-10(2)9-12/h6-9,13,15-16H,5H2,1-4H3/t13-,15-,16-,21-/m1/s1. The second-order valence-electron chi connectivity index (χ2n) is 7.66. The summed E-state index contributed by atoms with van der Waals surface area (Å²) in [6.07, 6.45) is -0.940. The molecular formula is C21H21NO6. The molecule has 7 heteroatoms. The summed E-state index contributed by atoms with van der Waals surface area (Å²) in [7, 11) is 0. The number of esters is 2. The molecule has 0 spiro atoms. The summed E-state index contributed by atoms with van der Waals surface area (Å²) >= 11 is 0. The molecule has 0 aromatic heterocycles. The van der Waals surface area contributed by atoms with E-state index in [0.717, 1.165) is 10.5 Å². The van der Waals surface area contributed by atoms with Gasteiger partial charge < -0.3 is 9.47 Å². The van der Waals surface area contributed by atoms with E-state index >= 15 is 0 Å². The smallest absolute Gasteiger partial charge is 0.335 e. The zero-order valence-corrected chi connectivity index (χ0v) is 16.1. The van der Waals surface area contributed by atoms with Crippen LogP contribution in [0.15, 0.2) is 35.4 Å². The predicted octanol–water partition coefficient (Wildman–Crippen LogP) is 1.93. The van der Waals surface area contributed by atoms with Gasteiger partial charge in [0.15, 0.2) is 0 Å². The van der Waals surface area contributed by atoms with Crippen molar-refractivity contribution in [2.45, 2.75) is 33.8 Å². The molecule has 2 fully saturated rings. The lowest BCUT2D eigenvalue weighted by Gasteiger charge is -2.48. The van der Waals surface area contributed by atoms with Crippen LogP contribution < -0.4 is 4.90 Å². The van der Waals surface area contributed by atoms with Gasteiger partial charge in [-0.15, -0.1) is 0 Å². The van der Waals surface area contributed by atoms with Crippen LogP contribution in [0, 0.1) is 24.2 Å². The van der Waals surface area contributed by atoms with E-state index in [9.17, 15) is 19.2 Å². The molecule has 5 rings (SSSR count). The number of anilines is 1. The molecule has 4 aliphatic rings.